The van der Waals surface area contributed by atoms with Gasteiger partial charge in [-0.05, 0) is 43.9 Å². The summed E-state index contributed by atoms with van der Waals surface area (Å²) in [5.74, 6) is -1.69. The van der Waals surface area contributed by atoms with Gasteiger partial charge in [0.25, 0.3) is 5.91 Å². The minimum absolute atomic E-state index is 0.0937. The fourth-order valence-electron chi connectivity index (χ4n) is 2.25. The van der Waals surface area contributed by atoms with Crippen LogP contribution in [-0.4, -0.2) is 28.9 Å². The highest BCUT2D eigenvalue weighted by Crippen LogP contribution is 2.46. The van der Waals surface area contributed by atoms with Crippen LogP contribution in [0.1, 0.15) is 49.0 Å². The molecule has 6 heteroatoms. The van der Waals surface area contributed by atoms with Gasteiger partial charge in [-0.15, -0.1) is 0 Å². The first-order valence-corrected chi connectivity index (χ1v) is 7.80. The van der Waals surface area contributed by atoms with Crippen LogP contribution in [-0.2, 0) is 16.1 Å². The Morgan fingerprint density at radius 3 is 2.57 bits per heavy atom. The number of hydrogen-bond acceptors (Lipinski definition) is 3. The molecular weight excluding hydrogens is 296 g/mol. The molecule has 3 N–H and O–H groups in total. The van der Waals surface area contributed by atoms with Crippen LogP contribution in [0.25, 0.3) is 0 Å². The van der Waals surface area contributed by atoms with E-state index in [1.807, 2.05) is 13.8 Å². The lowest BCUT2D eigenvalue weighted by Gasteiger charge is -2.13. The molecule has 0 spiro atoms. The Hall–Kier alpha value is -2.37. The SMILES string of the molecule is CCC(C)NC(=O)c1cccc(CNC(=O)C2(C(=O)O)CC2)c1. The van der Waals surface area contributed by atoms with Crippen LogP contribution in [0.5, 0.6) is 0 Å². The van der Waals surface area contributed by atoms with E-state index in [2.05, 4.69) is 10.6 Å². The zero-order chi connectivity index (χ0) is 17.0. The van der Waals surface area contributed by atoms with Gasteiger partial charge in [0.1, 0.15) is 5.41 Å². The van der Waals surface area contributed by atoms with E-state index in [4.69, 9.17) is 5.11 Å². The van der Waals surface area contributed by atoms with Gasteiger partial charge in [-0.25, -0.2) is 0 Å². The lowest BCUT2D eigenvalue weighted by molar-refractivity contribution is -0.149. The number of amides is 2. The Morgan fingerprint density at radius 1 is 1.30 bits per heavy atom. The molecule has 2 amide bonds. The topological polar surface area (TPSA) is 95.5 Å². The standard InChI is InChI=1S/C17H22N2O4/c1-3-11(2)19-14(20)13-6-4-5-12(9-13)10-18-15(21)17(7-8-17)16(22)23/h4-6,9,11H,3,7-8,10H2,1-2H3,(H,18,21)(H,19,20)(H,22,23). The summed E-state index contributed by atoms with van der Waals surface area (Å²) < 4.78 is 0. The second-order valence-corrected chi connectivity index (χ2v) is 6.05. The first-order chi connectivity index (χ1) is 10.9. The van der Waals surface area contributed by atoms with Gasteiger partial charge in [-0.1, -0.05) is 19.1 Å². The number of aliphatic carboxylic acids is 1. The Kier molecular flexibility index (Phi) is 5.03. The van der Waals surface area contributed by atoms with Crippen LogP contribution >= 0.6 is 0 Å². The number of nitrogens with one attached hydrogen (secondary N) is 2. The number of carboxylic acids is 1. The highest BCUT2D eigenvalue weighted by molar-refractivity contribution is 6.04. The van der Waals surface area contributed by atoms with Crippen LogP contribution in [0.15, 0.2) is 24.3 Å². The van der Waals surface area contributed by atoms with Crippen LogP contribution in [0.4, 0.5) is 0 Å². The molecule has 1 aromatic rings. The average molecular weight is 318 g/mol. The lowest BCUT2D eigenvalue weighted by atomic mass is 10.1. The van der Waals surface area contributed by atoms with E-state index in [9.17, 15) is 14.4 Å². The summed E-state index contributed by atoms with van der Waals surface area (Å²) in [6.45, 7) is 4.13. The minimum Gasteiger partial charge on any atom is -0.480 e. The molecule has 1 fully saturated rings. The van der Waals surface area contributed by atoms with Crippen LogP contribution in [0.3, 0.4) is 0 Å². The van der Waals surface area contributed by atoms with E-state index in [0.29, 0.717) is 18.4 Å². The number of benzene rings is 1. The molecule has 0 radical (unpaired) electrons. The third-order valence-corrected chi connectivity index (χ3v) is 4.23. The van der Waals surface area contributed by atoms with E-state index < -0.39 is 17.3 Å². The molecule has 1 saturated carbocycles. The van der Waals surface area contributed by atoms with Gasteiger partial charge in [0.15, 0.2) is 0 Å². The van der Waals surface area contributed by atoms with Crippen molar-refractivity contribution in [3.8, 4) is 0 Å². The molecule has 1 unspecified atom stereocenters. The number of rotatable bonds is 7. The van der Waals surface area contributed by atoms with Gasteiger partial charge < -0.3 is 15.7 Å². The van der Waals surface area contributed by atoms with Gasteiger partial charge in [-0.3, -0.25) is 14.4 Å². The minimum atomic E-state index is -1.24. The summed E-state index contributed by atoms with van der Waals surface area (Å²) in [6, 6.07) is 7.05. The maximum atomic E-state index is 12.1. The van der Waals surface area contributed by atoms with E-state index in [0.717, 1.165) is 12.0 Å². The molecule has 0 aromatic heterocycles. The van der Waals surface area contributed by atoms with Crippen molar-refractivity contribution in [3.63, 3.8) is 0 Å². The van der Waals surface area contributed by atoms with Crippen molar-refractivity contribution in [2.24, 2.45) is 5.41 Å². The van der Waals surface area contributed by atoms with Crippen LogP contribution < -0.4 is 10.6 Å². The third kappa shape index (κ3) is 3.88. The van der Waals surface area contributed by atoms with Crippen molar-refractivity contribution in [2.75, 3.05) is 0 Å². The van der Waals surface area contributed by atoms with E-state index in [1.165, 1.54) is 0 Å². The molecule has 1 aromatic carbocycles. The number of carboxylic acid groups (broad SMARTS) is 1. The highest BCUT2D eigenvalue weighted by atomic mass is 16.4. The van der Waals surface area contributed by atoms with Gasteiger partial charge in [0, 0.05) is 18.2 Å². The molecule has 0 aliphatic heterocycles. The summed E-state index contributed by atoms with van der Waals surface area (Å²) in [5.41, 5.74) is 0.0405. The molecule has 1 aliphatic carbocycles. The fraction of sp³-hybridized carbons (Fsp3) is 0.471. The van der Waals surface area contributed by atoms with Gasteiger partial charge >= 0.3 is 5.97 Å². The quantitative estimate of drug-likeness (QED) is 0.667. The summed E-state index contributed by atoms with van der Waals surface area (Å²) in [5, 5.41) is 14.6. The van der Waals surface area contributed by atoms with Gasteiger partial charge in [0.05, 0.1) is 0 Å². The molecule has 23 heavy (non-hydrogen) atoms. The molecule has 0 saturated heterocycles. The normalized spacial score (nSPS) is 16.3. The first-order valence-electron chi connectivity index (χ1n) is 7.80. The molecule has 124 valence electrons. The molecular formula is C17H22N2O4. The lowest BCUT2D eigenvalue weighted by Crippen LogP contribution is -2.36. The maximum Gasteiger partial charge on any atom is 0.319 e. The van der Waals surface area contributed by atoms with Crippen molar-refractivity contribution in [2.45, 2.75) is 45.7 Å². The number of hydrogen-bond donors (Lipinski definition) is 3. The molecule has 0 bridgehead atoms. The van der Waals surface area contributed by atoms with Crippen molar-refractivity contribution in [1.82, 2.24) is 10.6 Å². The van der Waals surface area contributed by atoms with E-state index in [1.54, 1.807) is 24.3 Å². The summed E-state index contributed by atoms with van der Waals surface area (Å²) in [4.78, 5) is 35.2. The first kappa shape index (κ1) is 17.0. The molecule has 1 aliphatic rings. The maximum absolute atomic E-state index is 12.1. The Bertz CT molecular complexity index is 623. The molecule has 0 heterocycles. The van der Waals surface area contributed by atoms with Crippen LogP contribution in [0, 0.1) is 5.41 Å². The molecule has 6 nitrogen and oxygen atoms in total. The second-order valence-electron chi connectivity index (χ2n) is 6.05. The zero-order valence-corrected chi connectivity index (χ0v) is 13.4. The largest absolute Gasteiger partial charge is 0.480 e. The van der Waals surface area contributed by atoms with Crippen molar-refractivity contribution < 1.29 is 19.5 Å². The third-order valence-electron chi connectivity index (χ3n) is 4.23. The highest BCUT2D eigenvalue weighted by Gasteiger charge is 2.56. The van der Waals surface area contributed by atoms with Crippen molar-refractivity contribution >= 4 is 17.8 Å². The smallest absolute Gasteiger partial charge is 0.319 e. The average Bonchev–Trinajstić information content (AvgIpc) is 3.34. The van der Waals surface area contributed by atoms with Gasteiger partial charge in [-0.2, -0.15) is 0 Å². The number of carbonyl (C=O) groups excluding carboxylic acids is 2. The van der Waals surface area contributed by atoms with Crippen molar-refractivity contribution in [3.05, 3.63) is 35.4 Å². The van der Waals surface area contributed by atoms with Crippen molar-refractivity contribution in [1.29, 1.82) is 0 Å². The molecule has 2 rings (SSSR count). The number of carbonyl (C=O) groups is 3. The second kappa shape index (κ2) is 6.81. The van der Waals surface area contributed by atoms with Crippen LogP contribution in [0.2, 0.25) is 0 Å². The molecule has 1 atom stereocenters. The fourth-order valence-corrected chi connectivity index (χ4v) is 2.25. The monoisotopic (exact) mass is 318 g/mol. The van der Waals surface area contributed by atoms with Gasteiger partial charge in [0.2, 0.25) is 5.91 Å². The zero-order valence-electron chi connectivity index (χ0n) is 13.4. The predicted octanol–water partition coefficient (Wildman–Crippen LogP) is 1.70. The Morgan fingerprint density at radius 2 is 2.00 bits per heavy atom. The summed E-state index contributed by atoms with van der Waals surface area (Å²) in [6.07, 6.45) is 1.61. The predicted molar refractivity (Wildman–Crippen MR) is 84.8 cm³/mol. The van der Waals surface area contributed by atoms with E-state index in [-0.39, 0.29) is 18.5 Å². The Labute approximate surface area is 135 Å². The Balaban J connectivity index is 1.96. The summed E-state index contributed by atoms with van der Waals surface area (Å²) in [7, 11) is 0. The van der Waals surface area contributed by atoms with E-state index >= 15 is 0 Å². The summed E-state index contributed by atoms with van der Waals surface area (Å²) >= 11 is 0.